The van der Waals surface area contributed by atoms with E-state index in [1.165, 1.54) is 44.9 Å². The molecule has 0 saturated carbocycles. The second-order valence-corrected chi connectivity index (χ2v) is 8.00. The van der Waals surface area contributed by atoms with Crippen molar-refractivity contribution in [2.45, 2.75) is 95.2 Å². The molecule has 0 spiro atoms. The third-order valence-corrected chi connectivity index (χ3v) is 4.27. The van der Waals surface area contributed by atoms with Crippen LogP contribution in [0.5, 0.6) is 0 Å². The van der Waals surface area contributed by atoms with Crippen LogP contribution in [0.2, 0.25) is 0 Å². The summed E-state index contributed by atoms with van der Waals surface area (Å²) < 4.78 is -1.21. The van der Waals surface area contributed by atoms with Crippen molar-refractivity contribution >= 4 is 29.0 Å². The maximum absolute atomic E-state index is 11.5. The van der Waals surface area contributed by atoms with E-state index < -0.39 is 4.33 Å². The molecular formula is C20H34Cl2O. The van der Waals surface area contributed by atoms with Gasteiger partial charge in [0.1, 0.15) is 0 Å². The van der Waals surface area contributed by atoms with Gasteiger partial charge in [-0.1, -0.05) is 86.5 Å². The van der Waals surface area contributed by atoms with Gasteiger partial charge in [0.2, 0.25) is 0 Å². The van der Waals surface area contributed by atoms with E-state index in [-0.39, 0.29) is 5.78 Å². The fourth-order valence-electron chi connectivity index (χ4n) is 2.32. The number of unbranched alkanes of at least 4 members (excludes halogenated alkanes) is 8. The molecule has 0 amide bonds. The van der Waals surface area contributed by atoms with Crippen molar-refractivity contribution in [3.8, 4) is 0 Å². The van der Waals surface area contributed by atoms with Crippen molar-refractivity contribution < 1.29 is 4.79 Å². The van der Waals surface area contributed by atoms with Gasteiger partial charge >= 0.3 is 0 Å². The van der Waals surface area contributed by atoms with Gasteiger partial charge in [-0.3, -0.25) is 4.79 Å². The molecule has 0 aromatic carbocycles. The number of halogens is 2. The zero-order chi connectivity index (χ0) is 17.4. The van der Waals surface area contributed by atoms with Crippen LogP contribution in [-0.4, -0.2) is 10.1 Å². The van der Waals surface area contributed by atoms with E-state index in [0.717, 1.165) is 25.7 Å². The van der Waals surface area contributed by atoms with E-state index in [1.54, 1.807) is 6.92 Å². The molecule has 0 saturated heterocycles. The Labute approximate surface area is 153 Å². The zero-order valence-corrected chi connectivity index (χ0v) is 16.5. The van der Waals surface area contributed by atoms with Gasteiger partial charge < -0.3 is 0 Å². The summed E-state index contributed by atoms with van der Waals surface area (Å²) >= 11 is 11.5. The van der Waals surface area contributed by atoms with Gasteiger partial charge in [-0.15, -0.1) is 0 Å². The van der Waals surface area contributed by atoms with Crippen LogP contribution >= 0.6 is 23.2 Å². The lowest BCUT2D eigenvalue weighted by Crippen LogP contribution is -2.21. The lowest BCUT2D eigenvalue weighted by atomic mass is 10.1. The van der Waals surface area contributed by atoms with E-state index in [1.807, 2.05) is 0 Å². The first kappa shape index (κ1) is 22.7. The molecule has 23 heavy (non-hydrogen) atoms. The summed E-state index contributed by atoms with van der Waals surface area (Å²) in [5, 5.41) is 0. The molecule has 134 valence electrons. The highest BCUT2D eigenvalue weighted by Crippen LogP contribution is 2.23. The van der Waals surface area contributed by atoms with Crippen LogP contribution in [0.1, 0.15) is 90.9 Å². The largest absolute Gasteiger partial charge is 0.296 e. The maximum Gasteiger partial charge on any atom is 0.173 e. The molecule has 0 radical (unpaired) electrons. The van der Waals surface area contributed by atoms with Crippen molar-refractivity contribution in [1.29, 1.82) is 0 Å². The second-order valence-electron chi connectivity index (χ2n) is 6.29. The zero-order valence-electron chi connectivity index (χ0n) is 15.0. The average Bonchev–Trinajstić information content (AvgIpc) is 2.50. The molecule has 0 bridgehead atoms. The van der Waals surface area contributed by atoms with Crippen molar-refractivity contribution in [1.82, 2.24) is 0 Å². The number of hydrogen-bond donors (Lipinski definition) is 0. The average molecular weight is 361 g/mol. The van der Waals surface area contributed by atoms with Gasteiger partial charge in [-0.05, 0) is 45.4 Å². The molecule has 0 aliphatic heterocycles. The van der Waals surface area contributed by atoms with Gasteiger partial charge in [-0.2, -0.15) is 0 Å². The highest BCUT2D eigenvalue weighted by molar-refractivity contribution is 6.57. The molecule has 0 aliphatic carbocycles. The van der Waals surface area contributed by atoms with Gasteiger partial charge in [0, 0.05) is 6.42 Å². The minimum atomic E-state index is -1.21. The molecule has 0 heterocycles. The van der Waals surface area contributed by atoms with Crippen molar-refractivity contribution in [3.63, 3.8) is 0 Å². The van der Waals surface area contributed by atoms with E-state index in [0.29, 0.717) is 6.42 Å². The van der Waals surface area contributed by atoms with Crippen LogP contribution in [0, 0.1) is 0 Å². The quantitative estimate of drug-likeness (QED) is 0.167. The number of hydrogen-bond acceptors (Lipinski definition) is 1. The first-order chi connectivity index (χ1) is 11.0. The Bertz CT molecular complexity index is 340. The third-order valence-electron chi connectivity index (χ3n) is 3.84. The smallest absolute Gasteiger partial charge is 0.173 e. The Kier molecular flexibility index (Phi) is 15.1. The Morgan fingerprint density at radius 3 is 1.91 bits per heavy atom. The van der Waals surface area contributed by atoms with Crippen molar-refractivity contribution in [2.24, 2.45) is 0 Å². The molecule has 0 aromatic heterocycles. The van der Waals surface area contributed by atoms with Crippen LogP contribution in [0.4, 0.5) is 0 Å². The number of Topliss-reactive ketones (excluding diaryl/α,β-unsaturated/α-hetero) is 1. The van der Waals surface area contributed by atoms with Crippen LogP contribution in [0.25, 0.3) is 0 Å². The summed E-state index contributed by atoms with van der Waals surface area (Å²) in [5.41, 5.74) is 0. The first-order valence-electron chi connectivity index (χ1n) is 9.19. The number of alkyl halides is 2. The van der Waals surface area contributed by atoms with Gasteiger partial charge in [0.05, 0.1) is 0 Å². The standard InChI is InChI=1S/C20H34Cl2O/c1-3-4-5-6-7-8-9-10-11-12-13-14-15-16-17-18-19(23)20(2,21)22/h7-8,10-11H,3-6,9,12-18H2,1-2H3/b8-7+,11-10+. The van der Waals surface area contributed by atoms with E-state index in [9.17, 15) is 4.79 Å². The van der Waals surface area contributed by atoms with E-state index in [2.05, 4.69) is 31.2 Å². The molecular weight excluding hydrogens is 327 g/mol. The molecule has 0 rings (SSSR count). The topological polar surface area (TPSA) is 17.1 Å². The third kappa shape index (κ3) is 16.4. The predicted molar refractivity (Wildman–Crippen MR) is 104 cm³/mol. The fraction of sp³-hybridized carbons (Fsp3) is 0.750. The Balaban J connectivity index is 3.33. The molecule has 0 aromatic rings. The summed E-state index contributed by atoms with van der Waals surface area (Å²) in [6.45, 7) is 3.78. The van der Waals surface area contributed by atoms with Crippen LogP contribution in [0.15, 0.2) is 24.3 Å². The first-order valence-corrected chi connectivity index (χ1v) is 9.95. The summed E-state index contributed by atoms with van der Waals surface area (Å²) in [6.07, 6.45) is 22.6. The number of rotatable bonds is 15. The second kappa shape index (κ2) is 15.3. The van der Waals surface area contributed by atoms with Gasteiger partial charge in [0.15, 0.2) is 10.1 Å². The van der Waals surface area contributed by atoms with E-state index >= 15 is 0 Å². The summed E-state index contributed by atoms with van der Waals surface area (Å²) in [4.78, 5) is 11.5. The Morgan fingerprint density at radius 1 is 0.826 bits per heavy atom. The maximum atomic E-state index is 11.5. The molecule has 0 unspecified atom stereocenters. The van der Waals surface area contributed by atoms with Crippen molar-refractivity contribution in [2.75, 3.05) is 0 Å². The van der Waals surface area contributed by atoms with Gasteiger partial charge in [-0.25, -0.2) is 0 Å². The van der Waals surface area contributed by atoms with Crippen molar-refractivity contribution in [3.05, 3.63) is 24.3 Å². The molecule has 3 heteroatoms. The van der Waals surface area contributed by atoms with Crippen LogP contribution in [0.3, 0.4) is 0 Å². The highest BCUT2D eigenvalue weighted by atomic mass is 35.5. The fourth-order valence-corrected chi connectivity index (χ4v) is 2.51. The minimum Gasteiger partial charge on any atom is -0.296 e. The Morgan fingerprint density at radius 2 is 1.35 bits per heavy atom. The predicted octanol–water partition coefficient (Wildman–Crippen LogP) is 7.56. The highest BCUT2D eigenvalue weighted by Gasteiger charge is 2.25. The minimum absolute atomic E-state index is 0.0634. The van der Waals surface area contributed by atoms with Gasteiger partial charge in [0.25, 0.3) is 0 Å². The number of carbonyl (C=O) groups is 1. The van der Waals surface area contributed by atoms with Crippen LogP contribution < -0.4 is 0 Å². The summed E-state index contributed by atoms with van der Waals surface area (Å²) in [6, 6.07) is 0. The molecule has 0 atom stereocenters. The normalized spacial score (nSPS) is 12.5. The number of allylic oxidation sites excluding steroid dienone is 4. The SMILES string of the molecule is CCCCC/C=C/C/C=C/CCCCCCCC(=O)C(C)(Cl)Cl. The summed E-state index contributed by atoms with van der Waals surface area (Å²) in [7, 11) is 0. The number of carbonyl (C=O) groups excluding carboxylic acids is 1. The lowest BCUT2D eigenvalue weighted by Gasteiger charge is -2.10. The number of ketones is 1. The van der Waals surface area contributed by atoms with Crippen LogP contribution in [-0.2, 0) is 4.79 Å². The lowest BCUT2D eigenvalue weighted by molar-refractivity contribution is -0.119. The monoisotopic (exact) mass is 360 g/mol. The molecule has 0 fully saturated rings. The van der Waals surface area contributed by atoms with E-state index in [4.69, 9.17) is 23.2 Å². The summed E-state index contributed by atoms with van der Waals surface area (Å²) in [5.74, 6) is -0.0634. The molecule has 0 N–H and O–H groups in total. The molecule has 1 nitrogen and oxygen atoms in total. The Hall–Kier alpha value is -0.270. The molecule has 0 aliphatic rings.